The number of aryl methyl sites for hydroxylation is 1. The number of hydrogen-bond donors (Lipinski definition) is 0. The number of para-hydroxylation sites is 1. The molecule has 0 aliphatic heterocycles. The molecule has 0 radical (unpaired) electrons. The number of carboxylic acid groups (broad SMARTS) is 1. The second kappa shape index (κ2) is 4.70. The summed E-state index contributed by atoms with van der Waals surface area (Å²) in [5.74, 6) is 0.172. The number of hydrogen-bond acceptors (Lipinski definition) is 3. The van der Waals surface area contributed by atoms with Crippen LogP contribution in [0.15, 0.2) is 48.5 Å². The molecule has 0 spiro atoms. The van der Waals surface area contributed by atoms with Gasteiger partial charge < -0.3 is 14.6 Å². The topological polar surface area (TPSA) is 49.4 Å². The lowest BCUT2D eigenvalue weighted by atomic mass is 10.2. The van der Waals surface area contributed by atoms with E-state index in [9.17, 15) is 9.90 Å². The molecule has 0 fully saturated rings. The molecule has 17 heavy (non-hydrogen) atoms. The Labute approximate surface area is 99.3 Å². The fraction of sp³-hybridized carbons (Fsp3) is 0.0714. The van der Waals surface area contributed by atoms with E-state index < -0.39 is 5.97 Å². The van der Waals surface area contributed by atoms with Gasteiger partial charge in [-0.25, -0.2) is 0 Å². The molecule has 0 heterocycles. The van der Waals surface area contributed by atoms with E-state index in [1.165, 1.54) is 12.1 Å². The van der Waals surface area contributed by atoms with Crippen molar-refractivity contribution in [1.29, 1.82) is 0 Å². The number of carbonyl (C=O) groups is 1. The smallest absolute Gasteiger partial charge is 0.130 e. The zero-order valence-electron chi connectivity index (χ0n) is 9.34. The van der Waals surface area contributed by atoms with Crippen LogP contribution in [0.25, 0.3) is 0 Å². The third-order valence-corrected chi connectivity index (χ3v) is 2.41. The predicted molar refractivity (Wildman–Crippen MR) is 62.0 cm³/mol. The minimum atomic E-state index is -1.19. The van der Waals surface area contributed by atoms with E-state index in [1.807, 2.05) is 31.2 Å². The Bertz CT molecular complexity index is 529. The quantitative estimate of drug-likeness (QED) is 0.807. The first-order chi connectivity index (χ1) is 8.16. The molecule has 0 aliphatic carbocycles. The summed E-state index contributed by atoms with van der Waals surface area (Å²) in [4.78, 5) is 10.6. The van der Waals surface area contributed by atoms with Crippen LogP contribution in [0.2, 0.25) is 0 Å². The predicted octanol–water partition coefficient (Wildman–Crippen LogP) is 2.15. The second-order valence-corrected chi connectivity index (χ2v) is 3.68. The molecule has 0 N–H and O–H groups in total. The molecule has 0 aromatic heterocycles. The highest BCUT2D eigenvalue weighted by molar-refractivity contribution is 5.85. The number of carboxylic acids is 1. The van der Waals surface area contributed by atoms with Crippen LogP contribution in [0, 0.1) is 6.92 Å². The molecule has 0 bridgehead atoms. The monoisotopic (exact) mass is 227 g/mol. The summed E-state index contributed by atoms with van der Waals surface area (Å²) in [6, 6.07) is 13.8. The zero-order valence-corrected chi connectivity index (χ0v) is 9.34. The summed E-state index contributed by atoms with van der Waals surface area (Å²) < 4.78 is 5.63. The summed E-state index contributed by atoms with van der Waals surface area (Å²) in [6.07, 6.45) is 0. The van der Waals surface area contributed by atoms with E-state index >= 15 is 0 Å². The molecule has 0 saturated heterocycles. The van der Waals surface area contributed by atoms with Gasteiger partial charge in [0.15, 0.2) is 0 Å². The molecule has 3 nitrogen and oxygen atoms in total. The standard InChI is InChI=1S/C14H12O3/c1-10-4-2-3-5-13(10)17-12-8-6-11(7-9-12)14(15)16/h2-9H,1H3,(H,15,16)/p-1. The van der Waals surface area contributed by atoms with Crippen molar-refractivity contribution in [1.82, 2.24) is 0 Å². The lowest BCUT2D eigenvalue weighted by molar-refractivity contribution is -0.255. The molecule has 2 aromatic rings. The van der Waals surface area contributed by atoms with Crippen molar-refractivity contribution in [3.63, 3.8) is 0 Å². The van der Waals surface area contributed by atoms with Crippen molar-refractivity contribution in [2.75, 3.05) is 0 Å². The number of aromatic carboxylic acids is 1. The Morgan fingerprint density at radius 1 is 1.06 bits per heavy atom. The lowest BCUT2D eigenvalue weighted by Gasteiger charge is -2.09. The fourth-order valence-electron chi connectivity index (χ4n) is 1.46. The molecule has 3 heteroatoms. The zero-order chi connectivity index (χ0) is 12.3. The van der Waals surface area contributed by atoms with Gasteiger partial charge in [0.05, 0.1) is 5.97 Å². The van der Waals surface area contributed by atoms with Crippen molar-refractivity contribution in [3.05, 3.63) is 59.7 Å². The fourth-order valence-corrected chi connectivity index (χ4v) is 1.46. The average molecular weight is 227 g/mol. The number of benzene rings is 2. The van der Waals surface area contributed by atoms with Gasteiger partial charge in [-0.05, 0) is 48.4 Å². The molecule has 2 rings (SSSR count). The van der Waals surface area contributed by atoms with Gasteiger partial charge in [-0.15, -0.1) is 0 Å². The number of ether oxygens (including phenoxy) is 1. The summed E-state index contributed by atoms with van der Waals surface area (Å²) in [7, 11) is 0. The molecular weight excluding hydrogens is 216 g/mol. The summed E-state index contributed by atoms with van der Waals surface area (Å²) in [6.45, 7) is 1.95. The Morgan fingerprint density at radius 3 is 2.29 bits per heavy atom. The third kappa shape index (κ3) is 2.64. The third-order valence-electron chi connectivity index (χ3n) is 2.41. The van der Waals surface area contributed by atoms with Crippen LogP contribution in [0.5, 0.6) is 11.5 Å². The van der Waals surface area contributed by atoms with Crippen molar-refractivity contribution >= 4 is 5.97 Å². The molecule has 0 amide bonds. The van der Waals surface area contributed by atoms with Crippen molar-refractivity contribution in [2.24, 2.45) is 0 Å². The maximum atomic E-state index is 10.6. The van der Waals surface area contributed by atoms with Crippen molar-refractivity contribution < 1.29 is 14.6 Å². The number of rotatable bonds is 3. The molecule has 0 unspecified atom stereocenters. The van der Waals surface area contributed by atoms with E-state index in [0.717, 1.165) is 11.3 Å². The van der Waals surface area contributed by atoms with E-state index in [-0.39, 0.29) is 5.56 Å². The van der Waals surface area contributed by atoms with Gasteiger partial charge in [0.2, 0.25) is 0 Å². The van der Waals surface area contributed by atoms with Crippen LogP contribution >= 0.6 is 0 Å². The summed E-state index contributed by atoms with van der Waals surface area (Å²) in [5.41, 5.74) is 1.17. The second-order valence-electron chi connectivity index (χ2n) is 3.68. The van der Waals surface area contributed by atoms with E-state index in [1.54, 1.807) is 12.1 Å². The highest BCUT2D eigenvalue weighted by atomic mass is 16.5. The highest BCUT2D eigenvalue weighted by Crippen LogP contribution is 2.24. The van der Waals surface area contributed by atoms with Crippen LogP contribution in [-0.2, 0) is 0 Å². The van der Waals surface area contributed by atoms with E-state index in [4.69, 9.17) is 4.74 Å². The molecular formula is C14H11O3-. The molecule has 0 saturated carbocycles. The van der Waals surface area contributed by atoms with Gasteiger partial charge in [-0.1, -0.05) is 18.2 Å². The van der Waals surface area contributed by atoms with Gasteiger partial charge in [0.25, 0.3) is 0 Å². The lowest BCUT2D eigenvalue weighted by Crippen LogP contribution is -2.21. The normalized spacial score (nSPS) is 9.94. The summed E-state index contributed by atoms with van der Waals surface area (Å²) in [5, 5.41) is 10.6. The van der Waals surface area contributed by atoms with E-state index in [0.29, 0.717) is 5.75 Å². The van der Waals surface area contributed by atoms with Crippen molar-refractivity contribution in [2.45, 2.75) is 6.92 Å². The van der Waals surface area contributed by atoms with Crippen LogP contribution in [0.3, 0.4) is 0 Å². The van der Waals surface area contributed by atoms with Gasteiger partial charge in [-0.3, -0.25) is 0 Å². The van der Waals surface area contributed by atoms with Crippen molar-refractivity contribution in [3.8, 4) is 11.5 Å². The maximum Gasteiger partial charge on any atom is 0.130 e. The first-order valence-electron chi connectivity index (χ1n) is 5.22. The van der Waals surface area contributed by atoms with Gasteiger partial charge >= 0.3 is 0 Å². The average Bonchev–Trinajstić information content (AvgIpc) is 2.33. The van der Waals surface area contributed by atoms with Gasteiger partial charge in [0, 0.05) is 0 Å². The van der Waals surface area contributed by atoms with E-state index in [2.05, 4.69) is 0 Å². The van der Waals surface area contributed by atoms with Gasteiger partial charge in [0.1, 0.15) is 11.5 Å². The Kier molecular flexibility index (Phi) is 3.10. The Balaban J connectivity index is 2.20. The largest absolute Gasteiger partial charge is 0.545 e. The van der Waals surface area contributed by atoms with Crippen LogP contribution in [-0.4, -0.2) is 5.97 Å². The highest BCUT2D eigenvalue weighted by Gasteiger charge is 2.00. The Hall–Kier alpha value is -2.29. The molecule has 0 aliphatic rings. The first kappa shape index (κ1) is 11.2. The molecule has 86 valence electrons. The van der Waals surface area contributed by atoms with Crippen LogP contribution in [0.4, 0.5) is 0 Å². The Morgan fingerprint density at radius 2 is 1.71 bits per heavy atom. The minimum Gasteiger partial charge on any atom is -0.545 e. The first-order valence-corrected chi connectivity index (χ1v) is 5.22. The maximum absolute atomic E-state index is 10.6. The van der Waals surface area contributed by atoms with Gasteiger partial charge in [-0.2, -0.15) is 0 Å². The minimum absolute atomic E-state index is 0.141. The van der Waals surface area contributed by atoms with Crippen LogP contribution in [0.1, 0.15) is 15.9 Å². The number of carbonyl (C=O) groups excluding carboxylic acids is 1. The molecule has 0 atom stereocenters. The SMILES string of the molecule is Cc1ccccc1Oc1ccc(C(=O)[O-])cc1. The molecule has 2 aromatic carbocycles. The summed E-state index contributed by atoms with van der Waals surface area (Å²) >= 11 is 0. The van der Waals surface area contributed by atoms with Crippen LogP contribution < -0.4 is 9.84 Å².